The largest absolute Gasteiger partial charge is 0.366 e. The number of amides is 1. The summed E-state index contributed by atoms with van der Waals surface area (Å²) in [4.78, 5) is 12.4. The molecule has 3 nitrogen and oxygen atoms in total. The number of nitrogens with two attached hydrogens (primary N) is 1. The van der Waals surface area contributed by atoms with E-state index < -0.39 is 5.91 Å². The van der Waals surface area contributed by atoms with E-state index in [2.05, 4.69) is 54.0 Å². The highest BCUT2D eigenvalue weighted by molar-refractivity contribution is 6.39. The van der Waals surface area contributed by atoms with Crippen molar-refractivity contribution in [1.82, 2.24) is 4.57 Å². The molecule has 0 bridgehead atoms. The van der Waals surface area contributed by atoms with E-state index in [1.54, 1.807) is 6.07 Å². The number of halogens is 2. The van der Waals surface area contributed by atoms with Gasteiger partial charge in [0, 0.05) is 38.5 Å². The van der Waals surface area contributed by atoms with E-state index in [9.17, 15) is 4.79 Å². The first kappa shape index (κ1) is 22.7. The summed E-state index contributed by atoms with van der Waals surface area (Å²) in [7, 11) is 0. The summed E-state index contributed by atoms with van der Waals surface area (Å²) in [5.41, 5.74) is 12.4. The predicted molar refractivity (Wildman–Crippen MR) is 151 cm³/mol. The number of carbonyl (C=O) groups is 1. The van der Waals surface area contributed by atoms with Crippen molar-refractivity contribution < 1.29 is 4.79 Å². The Morgan fingerprint density at radius 2 is 1.56 bits per heavy atom. The SMILES string of the molecule is Cc1ccc2ccccc2c1Cn1c2cc(-c3c(Cl)cccc3Cl)ccc2c2c(C(N)=O)cccc21. The van der Waals surface area contributed by atoms with Crippen LogP contribution in [0.25, 0.3) is 43.7 Å². The molecule has 0 aliphatic carbocycles. The van der Waals surface area contributed by atoms with E-state index in [0.717, 1.165) is 32.9 Å². The fraction of sp³-hybridized carbons (Fsp3) is 0.0645. The Bertz CT molecular complexity index is 1810. The van der Waals surface area contributed by atoms with Crippen molar-refractivity contribution in [2.24, 2.45) is 5.73 Å². The number of carbonyl (C=O) groups excluding carboxylic acids is 1. The van der Waals surface area contributed by atoms with Crippen molar-refractivity contribution in [2.45, 2.75) is 13.5 Å². The second-order valence-electron chi connectivity index (χ2n) is 9.06. The summed E-state index contributed by atoms with van der Waals surface area (Å²) in [6, 6.07) is 30.1. The lowest BCUT2D eigenvalue weighted by Crippen LogP contribution is -2.11. The summed E-state index contributed by atoms with van der Waals surface area (Å²) >= 11 is 13.1. The van der Waals surface area contributed by atoms with Gasteiger partial charge in [0.2, 0.25) is 5.91 Å². The fourth-order valence-corrected chi connectivity index (χ4v) is 5.88. The van der Waals surface area contributed by atoms with Gasteiger partial charge >= 0.3 is 0 Å². The monoisotopic (exact) mass is 508 g/mol. The van der Waals surface area contributed by atoms with Gasteiger partial charge in [0.1, 0.15) is 0 Å². The number of primary amides is 1. The molecule has 176 valence electrons. The zero-order valence-corrected chi connectivity index (χ0v) is 21.1. The van der Waals surface area contributed by atoms with Crippen LogP contribution >= 0.6 is 23.2 Å². The fourth-order valence-electron chi connectivity index (χ4n) is 5.26. The Hall–Kier alpha value is -3.79. The smallest absolute Gasteiger partial charge is 0.249 e. The summed E-state index contributed by atoms with van der Waals surface area (Å²) < 4.78 is 2.26. The van der Waals surface area contributed by atoms with Gasteiger partial charge in [-0.05, 0) is 64.7 Å². The summed E-state index contributed by atoms with van der Waals surface area (Å²) in [5.74, 6) is -0.445. The third kappa shape index (κ3) is 3.55. The summed E-state index contributed by atoms with van der Waals surface area (Å²) in [6.07, 6.45) is 0. The molecule has 0 saturated carbocycles. The van der Waals surface area contributed by atoms with Gasteiger partial charge in [-0.3, -0.25) is 4.79 Å². The quantitative estimate of drug-likeness (QED) is 0.255. The number of benzene rings is 5. The minimum Gasteiger partial charge on any atom is -0.366 e. The lowest BCUT2D eigenvalue weighted by Gasteiger charge is -2.14. The normalized spacial score (nSPS) is 11.5. The van der Waals surface area contributed by atoms with E-state index in [0.29, 0.717) is 22.2 Å². The number of fused-ring (bicyclic) bond motifs is 4. The Labute approximate surface area is 218 Å². The lowest BCUT2D eigenvalue weighted by molar-refractivity contribution is 0.100. The highest BCUT2D eigenvalue weighted by Gasteiger charge is 2.19. The summed E-state index contributed by atoms with van der Waals surface area (Å²) in [6.45, 7) is 2.77. The van der Waals surface area contributed by atoms with Crippen LogP contribution in [-0.2, 0) is 6.54 Å². The third-order valence-electron chi connectivity index (χ3n) is 7.00. The molecule has 0 atom stereocenters. The van der Waals surface area contributed by atoms with E-state index in [-0.39, 0.29) is 0 Å². The number of aromatic nitrogens is 1. The first-order chi connectivity index (χ1) is 17.4. The molecule has 5 aromatic carbocycles. The van der Waals surface area contributed by atoms with E-state index in [4.69, 9.17) is 28.9 Å². The molecule has 36 heavy (non-hydrogen) atoms. The molecular formula is C31H22Cl2N2O. The molecule has 0 aliphatic rings. The van der Waals surface area contributed by atoms with Crippen molar-refractivity contribution in [3.63, 3.8) is 0 Å². The highest BCUT2D eigenvalue weighted by atomic mass is 35.5. The average molecular weight is 509 g/mol. The number of hydrogen-bond acceptors (Lipinski definition) is 1. The Morgan fingerprint density at radius 1 is 0.806 bits per heavy atom. The lowest BCUT2D eigenvalue weighted by atomic mass is 9.99. The standard InChI is InChI=1S/C31H22Cl2N2O/c1-18-12-13-19-6-2-3-7-21(19)24(18)17-35-27-11-4-8-23(31(34)36)30(27)22-15-14-20(16-28(22)35)29-25(32)9-5-10-26(29)33/h2-16H,17H2,1H3,(H2,34,36). The molecule has 6 rings (SSSR count). The number of aryl methyl sites for hydroxylation is 1. The zero-order valence-electron chi connectivity index (χ0n) is 19.6. The zero-order chi connectivity index (χ0) is 25.0. The average Bonchev–Trinajstić information content (AvgIpc) is 3.18. The first-order valence-corrected chi connectivity index (χ1v) is 12.5. The number of rotatable bonds is 4. The molecule has 1 amide bonds. The molecule has 5 heteroatoms. The van der Waals surface area contributed by atoms with Gasteiger partial charge in [-0.2, -0.15) is 0 Å². The predicted octanol–water partition coefficient (Wildman–Crippen LogP) is 8.38. The van der Waals surface area contributed by atoms with Crippen LogP contribution in [0, 0.1) is 6.92 Å². The molecule has 0 saturated heterocycles. The molecule has 6 aromatic rings. The van der Waals surface area contributed by atoms with Crippen LogP contribution < -0.4 is 5.73 Å². The maximum Gasteiger partial charge on any atom is 0.249 e. The van der Waals surface area contributed by atoms with Gasteiger partial charge in [-0.15, -0.1) is 0 Å². The van der Waals surface area contributed by atoms with Crippen LogP contribution in [0.5, 0.6) is 0 Å². The van der Waals surface area contributed by atoms with Gasteiger partial charge in [0.05, 0.1) is 11.0 Å². The second-order valence-corrected chi connectivity index (χ2v) is 9.88. The van der Waals surface area contributed by atoms with Crippen LogP contribution in [0.1, 0.15) is 21.5 Å². The molecule has 0 unspecified atom stereocenters. The molecule has 2 N–H and O–H groups in total. The topological polar surface area (TPSA) is 48.0 Å². The Morgan fingerprint density at radius 3 is 2.33 bits per heavy atom. The number of nitrogens with zero attached hydrogens (tertiary/aromatic N) is 1. The Kier molecular flexibility index (Phi) is 5.48. The Balaban J connectivity index is 1.69. The van der Waals surface area contributed by atoms with Crippen LogP contribution in [-0.4, -0.2) is 10.5 Å². The minimum absolute atomic E-state index is 0.445. The van der Waals surface area contributed by atoms with Gasteiger partial charge in [-0.1, -0.05) is 83.9 Å². The maximum absolute atomic E-state index is 12.4. The van der Waals surface area contributed by atoms with Gasteiger partial charge < -0.3 is 10.3 Å². The molecule has 1 aromatic heterocycles. The van der Waals surface area contributed by atoms with Crippen molar-refractivity contribution >= 4 is 61.7 Å². The molecule has 1 heterocycles. The molecule has 0 radical (unpaired) electrons. The maximum atomic E-state index is 12.4. The van der Waals surface area contributed by atoms with Gasteiger partial charge in [0.25, 0.3) is 0 Å². The van der Waals surface area contributed by atoms with Gasteiger partial charge in [0.15, 0.2) is 0 Å². The van der Waals surface area contributed by atoms with E-state index >= 15 is 0 Å². The first-order valence-electron chi connectivity index (χ1n) is 11.7. The van der Waals surface area contributed by atoms with Crippen molar-refractivity contribution in [3.8, 4) is 11.1 Å². The van der Waals surface area contributed by atoms with Crippen LogP contribution in [0.15, 0.2) is 91.0 Å². The minimum atomic E-state index is -0.445. The molecule has 0 spiro atoms. The third-order valence-corrected chi connectivity index (χ3v) is 7.63. The van der Waals surface area contributed by atoms with E-state index in [1.807, 2.05) is 42.5 Å². The summed E-state index contributed by atoms with van der Waals surface area (Å²) in [5, 5.41) is 5.41. The molecule has 0 fully saturated rings. The van der Waals surface area contributed by atoms with Crippen LogP contribution in [0.4, 0.5) is 0 Å². The van der Waals surface area contributed by atoms with Gasteiger partial charge in [-0.25, -0.2) is 0 Å². The second kappa shape index (κ2) is 8.70. The van der Waals surface area contributed by atoms with Crippen molar-refractivity contribution in [3.05, 3.63) is 118 Å². The highest BCUT2D eigenvalue weighted by Crippen LogP contribution is 2.39. The molecular weight excluding hydrogens is 487 g/mol. The van der Waals surface area contributed by atoms with Crippen molar-refractivity contribution in [1.29, 1.82) is 0 Å². The van der Waals surface area contributed by atoms with Crippen LogP contribution in [0.3, 0.4) is 0 Å². The van der Waals surface area contributed by atoms with Crippen molar-refractivity contribution in [2.75, 3.05) is 0 Å². The van der Waals surface area contributed by atoms with E-state index in [1.165, 1.54) is 21.9 Å². The molecule has 0 aliphatic heterocycles. The number of hydrogen-bond donors (Lipinski definition) is 1. The van der Waals surface area contributed by atoms with Crippen LogP contribution in [0.2, 0.25) is 10.0 Å².